The molecule has 0 atom stereocenters. The van der Waals surface area contributed by atoms with Crippen LogP contribution in [-0.2, 0) is 4.79 Å². The number of hydrogen-bond donors (Lipinski definition) is 1. The third-order valence-corrected chi connectivity index (χ3v) is 2.34. The highest BCUT2D eigenvalue weighted by atomic mass is 16.1. The van der Waals surface area contributed by atoms with E-state index in [1.807, 2.05) is 0 Å². The molecule has 0 aromatic heterocycles. The SMILES string of the molecule is CNC(=O)C1CCC([NH])CC1. The normalized spacial score (nSPS) is 31.5. The molecule has 2 N–H and O–H groups in total. The Hall–Kier alpha value is -0.570. The first-order valence-corrected chi connectivity index (χ1v) is 4.16. The van der Waals surface area contributed by atoms with Crippen LogP contribution in [0.2, 0.25) is 0 Å². The Morgan fingerprint density at radius 1 is 1.36 bits per heavy atom. The average molecular weight is 155 g/mol. The van der Waals surface area contributed by atoms with Crippen LogP contribution in [-0.4, -0.2) is 19.0 Å². The van der Waals surface area contributed by atoms with Crippen LogP contribution in [0.15, 0.2) is 0 Å². The summed E-state index contributed by atoms with van der Waals surface area (Å²) < 4.78 is 0. The second kappa shape index (κ2) is 3.72. The van der Waals surface area contributed by atoms with E-state index in [0.717, 1.165) is 25.7 Å². The minimum Gasteiger partial charge on any atom is -0.359 e. The van der Waals surface area contributed by atoms with E-state index in [2.05, 4.69) is 5.32 Å². The molecule has 0 saturated heterocycles. The van der Waals surface area contributed by atoms with E-state index in [4.69, 9.17) is 5.73 Å². The average Bonchev–Trinajstić information content (AvgIpc) is 2.05. The summed E-state index contributed by atoms with van der Waals surface area (Å²) in [6.07, 6.45) is 3.57. The summed E-state index contributed by atoms with van der Waals surface area (Å²) in [5.41, 5.74) is 7.43. The van der Waals surface area contributed by atoms with Crippen molar-refractivity contribution in [1.82, 2.24) is 11.1 Å². The van der Waals surface area contributed by atoms with Crippen molar-refractivity contribution in [2.75, 3.05) is 7.05 Å². The van der Waals surface area contributed by atoms with Crippen molar-refractivity contribution < 1.29 is 4.79 Å². The van der Waals surface area contributed by atoms with Crippen molar-refractivity contribution in [2.24, 2.45) is 5.92 Å². The molecule has 63 valence electrons. The van der Waals surface area contributed by atoms with E-state index < -0.39 is 0 Å². The van der Waals surface area contributed by atoms with Gasteiger partial charge in [0.15, 0.2) is 0 Å². The molecule has 0 aliphatic heterocycles. The van der Waals surface area contributed by atoms with E-state index in [1.165, 1.54) is 0 Å². The summed E-state index contributed by atoms with van der Waals surface area (Å²) in [4.78, 5) is 11.1. The first-order valence-electron chi connectivity index (χ1n) is 4.16. The van der Waals surface area contributed by atoms with Crippen molar-refractivity contribution >= 4 is 5.91 Å². The second-order valence-electron chi connectivity index (χ2n) is 3.16. The van der Waals surface area contributed by atoms with Gasteiger partial charge in [-0.2, -0.15) is 0 Å². The lowest BCUT2D eigenvalue weighted by Gasteiger charge is -2.23. The minimum atomic E-state index is 0.0795. The Labute approximate surface area is 67.3 Å². The molecule has 1 aliphatic rings. The Bertz CT molecular complexity index is 139. The molecule has 3 heteroatoms. The Morgan fingerprint density at radius 3 is 2.36 bits per heavy atom. The van der Waals surface area contributed by atoms with Gasteiger partial charge in [0.25, 0.3) is 0 Å². The van der Waals surface area contributed by atoms with Crippen molar-refractivity contribution in [3.8, 4) is 0 Å². The number of amides is 1. The zero-order valence-electron chi connectivity index (χ0n) is 6.89. The second-order valence-corrected chi connectivity index (χ2v) is 3.16. The molecule has 3 nitrogen and oxygen atoms in total. The monoisotopic (exact) mass is 155 g/mol. The predicted molar refractivity (Wildman–Crippen MR) is 42.9 cm³/mol. The summed E-state index contributed by atoms with van der Waals surface area (Å²) in [5, 5.41) is 2.65. The van der Waals surface area contributed by atoms with Crippen LogP contribution in [0.25, 0.3) is 0 Å². The van der Waals surface area contributed by atoms with Crippen molar-refractivity contribution in [3.05, 3.63) is 0 Å². The molecule has 0 bridgehead atoms. The van der Waals surface area contributed by atoms with E-state index in [1.54, 1.807) is 7.05 Å². The number of carbonyl (C=O) groups is 1. The Balaban J connectivity index is 2.33. The van der Waals surface area contributed by atoms with Gasteiger partial charge >= 0.3 is 0 Å². The summed E-state index contributed by atoms with van der Waals surface area (Å²) >= 11 is 0. The van der Waals surface area contributed by atoms with Crippen LogP contribution in [0.5, 0.6) is 0 Å². The quantitative estimate of drug-likeness (QED) is 0.591. The fraction of sp³-hybridized carbons (Fsp3) is 0.875. The third kappa shape index (κ3) is 2.19. The fourth-order valence-corrected chi connectivity index (χ4v) is 1.56. The lowest BCUT2D eigenvalue weighted by Crippen LogP contribution is -2.32. The number of rotatable bonds is 1. The van der Waals surface area contributed by atoms with Gasteiger partial charge in [0.1, 0.15) is 0 Å². The molecule has 0 aromatic rings. The van der Waals surface area contributed by atoms with Gasteiger partial charge in [-0.25, -0.2) is 0 Å². The number of carbonyl (C=O) groups excluding carboxylic acids is 1. The maximum Gasteiger partial charge on any atom is 0.222 e. The van der Waals surface area contributed by atoms with Crippen molar-refractivity contribution in [3.63, 3.8) is 0 Å². The van der Waals surface area contributed by atoms with Crippen LogP contribution in [0.3, 0.4) is 0 Å². The van der Waals surface area contributed by atoms with Crippen LogP contribution < -0.4 is 11.1 Å². The summed E-state index contributed by atoms with van der Waals surface area (Å²) in [6, 6.07) is 0.0795. The molecule has 1 radical (unpaired) electrons. The molecule has 1 aliphatic carbocycles. The Kier molecular flexibility index (Phi) is 2.88. The lowest BCUT2D eigenvalue weighted by molar-refractivity contribution is -0.125. The highest BCUT2D eigenvalue weighted by Crippen LogP contribution is 2.23. The summed E-state index contributed by atoms with van der Waals surface area (Å²) in [7, 11) is 1.68. The molecule has 11 heavy (non-hydrogen) atoms. The van der Waals surface area contributed by atoms with Crippen LogP contribution >= 0.6 is 0 Å². The van der Waals surface area contributed by atoms with E-state index in [0.29, 0.717) is 0 Å². The van der Waals surface area contributed by atoms with Gasteiger partial charge < -0.3 is 5.32 Å². The maximum absolute atomic E-state index is 11.1. The molecule has 0 unspecified atom stereocenters. The Morgan fingerprint density at radius 2 is 1.91 bits per heavy atom. The van der Waals surface area contributed by atoms with Gasteiger partial charge in [0, 0.05) is 19.0 Å². The van der Waals surface area contributed by atoms with Crippen LogP contribution in [0.1, 0.15) is 25.7 Å². The minimum absolute atomic E-state index is 0.0795. The summed E-state index contributed by atoms with van der Waals surface area (Å²) in [6.45, 7) is 0. The topological polar surface area (TPSA) is 52.9 Å². The first-order chi connectivity index (χ1) is 5.24. The van der Waals surface area contributed by atoms with Crippen LogP contribution in [0, 0.1) is 5.92 Å². The van der Waals surface area contributed by atoms with Gasteiger partial charge in [-0.1, -0.05) is 0 Å². The molecule has 0 heterocycles. The summed E-state index contributed by atoms with van der Waals surface area (Å²) in [5.74, 6) is 0.332. The first kappa shape index (κ1) is 8.53. The molecule has 1 rings (SSSR count). The van der Waals surface area contributed by atoms with Crippen LogP contribution in [0.4, 0.5) is 0 Å². The molecule has 0 spiro atoms. The van der Waals surface area contributed by atoms with Crippen molar-refractivity contribution in [2.45, 2.75) is 31.7 Å². The molecular formula is C8H15N2O. The highest BCUT2D eigenvalue weighted by molar-refractivity contribution is 5.78. The molecule has 0 aromatic carbocycles. The standard InChI is InChI=1S/C8H15N2O/c1-10-8(11)6-2-4-7(9)5-3-6/h6-7,9H,2-5H2,1H3,(H,10,11). The van der Waals surface area contributed by atoms with Gasteiger partial charge in [-0.15, -0.1) is 0 Å². The highest BCUT2D eigenvalue weighted by Gasteiger charge is 2.23. The van der Waals surface area contributed by atoms with E-state index in [9.17, 15) is 4.79 Å². The maximum atomic E-state index is 11.1. The van der Waals surface area contributed by atoms with Gasteiger partial charge in [0.05, 0.1) is 0 Å². The molecular weight excluding hydrogens is 140 g/mol. The van der Waals surface area contributed by atoms with Gasteiger partial charge in [-0.05, 0) is 25.7 Å². The zero-order chi connectivity index (χ0) is 8.27. The molecule has 1 fully saturated rings. The van der Waals surface area contributed by atoms with Gasteiger partial charge in [-0.3, -0.25) is 10.5 Å². The lowest BCUT2D eigenvalue weighted by atomic mass is 9.86. The molecule has 1 saturated carbocycles. The number of nitrogens with one attached hydrogen (secondary N) is 2. The largest absolute Gasteiger partial charge is 0.359 e. The van der Waals surface area contributed by atoms with Crippen molar-refractivity contribution in [1.29, 1.82) is 0 Å². The van der Waals surface area contributed by atoms with E-state index in [-0.39, 0.29) is 17.9 Å². The number of hydrogen-bond acceptors (Lipinski definition) is 1. The zero-order valence-corrected chi connectivity index (χ0v) is 6.89. The van der Waals surface area contributed by atoms with E-state index >= 15 is 0 Å². The predicted octanol–water partition coefficient (Wildman–Crippen LogP) is 0.574. The smallest absolute Gasteiger partial charge is 0.222 e. The van der Waals surface area contributed by atoms with Gasteiger partial charge in [0.2, 0.25) is 5.91 Å². The molecule has 1 amide bonds. The fourth-order valence-electron chi connectivity index (χ4n) is 1.56. The third-order valence-electron chi connectivity index (χ3n) is 2.34.